The summed E-state index contributed by atoms with van der Waals surface area (Å²) in [6.45, 7) is 2.95. The predicted molar refractivity (Wildman–Crippen MR) is 104 cm³/mol. The molecule has 1 saturated heterocycles. The van der Waals surface area contributed by atoms with Crippen molar-refractivity contribution in [2.45, 2.75) is 32.6 Å². The molecule has 2 aromatic rings. The van der Waals surface area contributed by atoms with Crippen molar-refractivity contribution in [1.82, 2.24) is 19.9 Å². The van der Waals surface area contributed by atoms with Gasteiger partial charge < -0.3 is 23.5 Å². The molecule has 0 saturated carbocycles. The van der Waals surface area contributed by atoms with Crippen molar-refractivity contribution >= 4 is 17.8 Å². The van der Waals surface area contributed by atoms with Gasteiger partial charge in [-0.05, 0) is 31.9 Å². The van der Waals surface area contributed by atoms with E-state index in [1.165, 1.54) is 11.2 Å². The normalized spacial score (nSPS) is 16.3. The van der Waals surface area contributed by atoms with Crippen LogP contribution in [0, 0.1) is 5.92 Å². The lowest BCUT2D eigenvalue weighted by molar-refractivity contribution is -0.152. The topological polar surface area (TPSA) is 119 Å². The number of likely N-dealkylation sites (N-methyl/N-ethyl adjacent to an activating group) is 1. The second-order valence-electron chi connectivity index (χ2n) is 7.17. The largest absolute Gasteiger partial charge is 0.466 e. The summed E-state index contributed by atoms with van der Waals surface area (Å²) in [5, 5.41) is 3.82. The van der Waals surface area contributed by atoms with Gasteiger partial charge in [-0.2, -0.15) is 4.98 Å². The van der Waals surface area contributed by atoms with Gasteiger partial charge in [-0.15, -0.1) is 0 Å². The third kappa shape index (κ3) is 5.46. The number of amides is 2. The summed E-state index contributed by atoms with van der Waals surface area (Å²) in [7, 11) is 1.58. The van der Waals surface area contributed by atoms with Crippen molar-refractivity contribution in [1.29, 1.82) is 0 Å². The van der Waals surface area contributed by atoms with Crippen molar-refractivity contribution < 1.29 is 28.1 Å². The summed E-state index contributed by atoms with van der Waals surface area (Å²) in [5.74, 6) is 0.173. The smallest absolute Gasteiger partial charge is 0.310 e. The summed E-state index contributed by atoms with van der Waals surface area (Å²) in [4.78, 5) is 44.1. The molecule has 0 aromatic carbocycles. The first-order valence-corrected chi connectivity index (χ1v) is 10.0. The lowest BCUT2D eigenvalue weighted by atomic mass is 9.98. The van der Waals surface area contributed by atoms with Crippen LogP contribution in [-0.2, 0) is 25.5 Å². The number of carbonyl (C=O) groups is 3. The monoisotopic (exact) mass is 418 g/mol. The number of hydrogen-bond donors (Lipinski definition) is 0. The van der Waals surface area contributed by atoms with E-state index >= 15 is 0 Å². The van der Waals surface area contributed by atoms with Crippen molar-refractivity contribution in [3.05, 3.63) is 24.3 Å². The Balaban J connectivity index is 1.45. The molecule has 3 heterocycles. The molecular weight excluding hydrogens is 392 g/mol. The zero-order valence-corrected chi connectivity index (χ0v) is 17.2. The van der Waals surface area contributed by atoms with Crippen LogP contribution in [0.1, 0.15) is 32.1 Å². The van der Waals surface area contributed by atoms with E-state index in [1.807, 2.05) is 0 Å². The third-order valence-corrected chi connectivity index (χ3v) is 4.95. The fourth-order valence-corrected chi connectivity index (χ4v) is 3.31. The first kappa shape index (κ1) is 21.5. The Morgan fingerprint density at radius 2 is 2.20 bits per heavy atom. The lowest BCUT2D eigenvalue weighted by Gasteiger charge is -2.32. The Morgan fingerprint density at radius 1 is 1.37 bits per heavy atom. The minimum Gasteiger partial charge on any atom is -0.466 e. The molecule has 0 aliphatic carbocycles. The number of aromatic nitrogens is 2. The molecular formula is C20H26N4O6. The lowest BCUT2D eigenvalue weighted by Crippen LogP contribution is -2.47. The van der Waals surface area contributed by atoms with E-state index in [0.717, 1.165) is 6.42 Å². The van der Waals surface area contributed by atoms with Gasteiger partial charge in [0.15, 0.2) is 5.76 Å². The Labute approximate surface area is 174 Å². The zero-order valence-electron chi connectivity index (χ0n) is 17.2. The van der Waals surface area contributed by atoms with Crippen LogP contribution < -0.4 is 0 Å². The van der Waals surface area contributed by atoms with Gasteiger partial charge in [0.2, 0.25) is 23.5 Å². The first-order valence-electron chi connectivity index (χ1n) is 10.0. The number of furan rings is 1. The number of rotatable bonds is 8. The van der Waals surface area contributed by atoms with Gasteiger partial charge in [0.05, 0.1) is 25.3 Å². The van der Waals surface area contributed by atoms with E-state index in [2.05, 4.69) is 10.1 Å². The zero-order chi connectivity index (χ0) is 21.5. The van der Waals surface area contributed by atoms with Crippen LogP contribution in [0.4, 0.5) is 0 Å². The van der Waals surface area contributed by atoms with E-state index in [1.54, 1.807) is 31.0 Å². The van der Waals surface area contributed by atoms with Crippen molar-refractivity contribution in [2.24, 2.45) is 5.92 Å². The minimum atomic E-state index is -0.301. The number of aryl methyl sites for hydroxylation is 1. The van der Waals surface area contributed by atoms with Crippen molar-refractivity contribution in [3.8, 4) is 11.6 Å². The molecule has 1 aliphatic heterocycles. The Bertz CT molecular complexity index is 863. The predicted octanol–water partition coefficient (Wildman–Crippen LogP) is 1.52. The molecule has 0 bridgehead atoms. The van der Waals surface area contributed by atoms with E-state index in [9.17, 15) is 14.4 Å². The molecule has 10 nitrogen and oxygen atoms in total. The maximum Gasteiger partial charge on any atom is 0.310 e. The van der Waals surface area contributed by atoms with Gasteiger partial charge in [-0.25, -0.2) is 0 Å². The van der Waals surface area contributed by atoms with Crippen LogP contribution in [0.2, 0.25) is 0 Å². The van der Waals surface area contributed by atoms with E-state index in [4.69, 9.17) is 13.7 Å². The average Bonchev–Trinajstić information content (AvgIpc) is 3.44. The van der Waals surface area contributed by atoms with Gasteiger partial charge in [0.25, 0.3) is 0 Å². The molecule has 3 rings (SSSR count). The van der Waals surface area contributed by atoms with E-state index in [-0.39, 0.29) is 43.1 Å². The highest BCUT2D eigenvalue weighted by Crippen LogP contribution is 2.19. The highest BCUT2D eigenvalue weighted by atomic mass is 16.5. The summed E-state index contributed by atoms with van der Waals surface area (Å²) in [5.41, 5.74) is 0. The maximum atomic E-state index is 12.6. The molecule has 0 spiro atoms. The van der Waals surface area contributed by atoms with Crippen LogP contribution >= 0.6 is 0 Å². The van der Waals surface area contributed by atoms with Gasteiger partial charge in [-0.3, -0.25) is 14.4 Å². The van der Waals surface area contributed by atoms with Crippen LogP contribution in [0.5, 0.6) is 0 Å². The molecule has 30 heavy (non-hydrogen) atoms. The summed E-state index contributed by atoms with van der Waals surface area (Å²) in [6, 6.07) is 3.43. The van der Waals surface area contributed by atoms with Gasteiger partial charge >= 0.3 is 5.97 Å². The summed E-state index contributed by atoms with van der Waals surface area (Å²) < 4.78 is 15.4. The first-order chi connectivity index (χ1) is 14.5. The van der Waals surface area contributed by atoms with Gasteiger partial charge in [0, 0.05) is 33.0 Å². The van der Waals surface area contributed by atoms with E-state index in [0.29, 0.717) is 43.6 Å². The Morgan fingerprint density at radius 3 is 2.93 bits per heavy atom. The van der Waals surface area contributed by atoms with Gasteiger partial charge in [0.1, 0.15) is 0 Å². The third-order valence-electron chi connectivity index (χ3n) is 4.95. The molecule has 1 atom stereocenters. The summed E-state index contributed by atoms with van der Waals surface area (Å²) >= 11 is 0. The quantitative estimate of drug-likeness (QED) is 0.592. The molecule has 1 unspecified atom stereocenters. The standard InChI is InChI=1S/C20H26N4O6/c1-3-28-20(27)14-6-4-10-24(12-14)18(26)13-23(2)17(25)9-8-16-21-19(22-30-16)15-7-5-11-29-15/h5,7,11,14H,3-4,6,8-10,12-13H2,1-2H3. The molecule has 10 heteroatoms. The van der Waals surface area contributed by atoms with E-state index < -0.39 is 0 Å². The van der Waals surface area contributed by atoms with Crippen LogP contribution in [0.25, 0.3) is 11.6 Å². The summed E-state index contributed by atoms with van der Waals surface area (Å²) in [6.07, 6.45) is 3.36. The molecule has 162 valence electrons. The molecule has 1 fully saturated rings. The number of carbonyl (C=O) groups excluding carboxylic acids is 3. The number of hydrogen-bond acceptors (Lipinski definition) is 8. The number of esters is 1. The maximum absolute atomic E-state index is 12.6. The molecule has 0 radical (unpaired) electrons. The van der Waals surface area contributed by atoms with Crippen LogP contribution in [0.15, 0.2) is 27.3 Å². The highest BCUT2D eigenvalue weighted by molar-refractivity contribution is 5.85. The number of likely N-dealkylation sites (tertiary alicyclic amines) is 1. The highest BCUT2D eigenvalue weighted by Gasteiger charge is 2.30. The number of nitrogens with zero attached hydrogens (tertiary/aromatic N) is 4. The van der Waals surface area contributed by atoms with Crippen LogP contribution in [-0.4, -0.2) is 71.0 Å². The molecule has 1 aliphatic rings. The van der Waals surface area contributed by atoms with Gasteiger partial charge in [-0.1, -0.05) is 5.16 Å². The molecule has 2 amide bonds. The SMILES string of the molecule is CCOC(=O)C1CCCN(C(=O)CN(C)C(=O)CCc2nc(-c3ccco3)no2)C1. The Hall–Kier alpha value is -3.17. The number of piperidine rings is 1. The van der Waals surface area contributed by atoms with Crippen molar-refractivity contribution in [2.75, 3.05) is 33.3 Å². The van der Waals surface area contributed by atoms with Crippen molar-refractivity contribution in [3.63, 3.8) is 0 Å². The average molecular weight is 418 g/mol. The second-order valence-corrected chi connectivity index (χ2v) is 7.17. The molecule has 0 N–H and O–H groups in total. The van der Waals surface area contributed by atoms with Crippen LogP contribution in [0.3, 0.4) is 0 Å². The Kier molecular flexibility index (Phi) is 7.21. The second kappa shape index (κ2) is 10.0. The minimum absolute atomic E-state index is 0.0458. The molecule has 2 aromatic heterocycles. The number of ether oxygens (including phenoxy) is 1. The fourth-order valence-electron chi connectivity index (χ4n) is 3.31. The fraction of sp³-hybridized carbons (Fsp3) is 0.550.